The maximum absolute atomic E-state index is 6.77. The number of para-hydroxylation sites is 4. The van der Waals surface area contributed by atoms with Gasteiger partial charge in [-0.25, -0.2) is 0 Å². The maximum Gasteiger partial charge on any atom is 0.143 e. The van der Waals surface area contributed by atoms with Crippen LogP contribution in [0.1, 0.15) is 22.3 Å². The van der Waals surface area contributed by atoms with E-state index in [0.717, 1.165) is 67.2 Å². The smallest absolute Gasteiger partial charge is 0.143 e. The summed E-state index contributed by atoms with van der Waals surface area (Å²) in [6, 6.07) is 97.6. The Labute approximate surface area is 407 Å². The van der Waals surface area contributed by atoms with Gasteiger partial charge in [0, 0.05) is 27.7 Å². The molecule has 12 aromatic rings. The zero-order valence-corrected chi connectivity index (χ0v) is 38.2. The molecule has 11 aromatic carbocycles. The van der Waals surface area contributed by atoms with Gasteiger partial charge in [-0.1, -0.05) is 200 Å². The molecule has 0 bridgehead atoms. The standard InChI is InChI=1S/C67H44N2O/c1-4-17-45(18-5-1)48-31-37-52(38-32-48)68-61-28-13-11-26-57(61)67(59-43-50(35-41-63(59)68)47-21-8-3-9-22-47)58-27-12-14-29-62(58)69(53-39-33-49(34-40-53)46-19-6-2-7-20-46)64-42-36-51(44-60(64)67)54-24-16-25-56-55-23-10-15-30-65(55)70-66(54)56/h1-44H. The molecule has 1 aromatic heterocycles. The molecule has 70 heavy (non-hydrogen) atoms. The molecule has 1 unspecified atom stereocenters. The zero-order valence-electron chi connectivity index (χ0n) is 38.2. The third-order valence-electron chi connectivity index (χ3n) is 14.7. The molecule has 1 atom stereocenters. The van der Waals surface area contributed by atoms with Gasteiger partial charge in [0.15, 0.2) is 0 Å². The Morgan fingerprint density at radius 3 is 1.23 bits per heavy atom. The van der Waals surface area contributed by atoms with Gasteiger partial charge in [-0.3, -0.25) is 0 Å². The van der Waals surface area contributed by atoms with Crippen molar-refractivity contribution in [2.75, 3.05) is 9.80 Å². The van der Waals surface area contributed by atoms with Gasteiger partial charge in [-0.15, -0.1) is 0 Å². The molecule has 2 aliphatic rings. The fourth-order valence-electron chi connectivity index (χ4n) is 11.5. The molecule has 0 amide bonds. The highest BCUT2D eigenvalue weighted by Gasteiger charge is 2.52. The van der Waals surface area contributed by atoms with E-state index in [1.54, 1.807) is 0 Å². The number of nitrogens with zero attached hydrogens (tertiary/aromatic N) is 2. The highest BCUT2D eigenvalue weighted by atomic mass is 16.3. The number of fused-ring (bicyclic) bond motifs is 11. The van der Waals surface area contributed by atoms with E-state index in [2.05, 4.69) is 271 Å². The first-order valence-electron chi connectivity index (χ1n) is 24.1. The molecule has 0 saturated carbocycles. The average molecular weight is 893 g/mol. The summed E-state index contributed by atoms with van der Waals surface area (Å²) in [5.41, 5.74) is 21.8. The summed E-state index contributed by atoms with van der Waals surface area (Å²) in [5.74, 6) is 0. The van der Waals surface area contributed by atoms with Crippen LogP contribution in [0.3, 0.4) is 0 Å². The summed E-state index contributed by atoms with van der Waals surface area (Å²) in [4.78, 5) is 4.96. The van der Waals surface area contributed by atoms with Crippen molar-refractivity contribution < 1.29 is 4.42 Å². The van der Waals surface area contributed by atoms with Crippen LogP contribution < -0.4 is 9.80 Å². The second kappa shape index (κ2) is 16.0. The Kier molecular flexibility index (Phi) is 9.11. The molecule has 2 aliphatic heterocycles. The van der Waals surface area contributed by atoms with E-state index in [-0.39, 0.29) is 0 Å². The third-order valence-corrected chi connectivity index (χ3v) is 14.7. The van der Waals surface area contributed by atoms with Crippen molar-refractivity contribution in [1.82, 2.24) is 0 Å². The van der Waals surface area contributed by atoms with Crippen molar-refractivity contribution in [3.63, 3.8) is 0 Å². The fourth-order valence-corrected chi connectivity index (χ4v) is 11.5. The van der Waals surface area contributed by atoms with E-state index in [9.17, 15) is 0 Å². The minimum atomic E-state index is -0.776. The van der Waals surface area contributed by atoms with Crippen LogP contribution in [0.4, 0.5) is 34.1 Å². The molecule has 328 valence electrons. The number of rotatable bonds is 6. The molecule has 0 radical (unpaired) electrons. The fraction of sp³-hybridized carbons (Fsp3) is 0.0149. The van der Waals surface area contributed by atoms with Gasteiger partial charge in [0.05, 0.1) is 28.2 Å². The lowest BCUT2D eigenvalue weighted by Gasteiger charge is -2.51. The third kappa shape index (κ3) is 6.08. The van der Waals surface area contributed by atoms with E-state index in [4.69, 9.17) is 4.42 Å². The zero-order chi connectivity index (χ0) is 46.2. The normalized spacial score (nSPS) is 14.6. The summed E-state index contributed by atoms with van der Waals surface area (Å²) >= 11 is 0. The average Bonchev–Trinajstić information content (AvgIpc) is 3.83. The molecule has 14 rings (SSSR count). The lowest BCUT2D eigenvalue weighted by molar-refractivity contribution is 0.670. The number of anilines is 6. The number of furan rings is 1. The van der Waals surface area contributed by atoms with Crippen molar-refractivity contribution in [1.29, 1.82) is 0 Å². The minimum Gasteiger partial charge on any atom is -0.455 e. The molecule has 3 nitrogen and oxygen atoms in total. The van der Waals surface area contributed by atoms with Crippen molar-refractivity contribution >= 4 is 56.1 Å². The minimum absolute atomic E-state index is 0.776. The van der Waals surface area contributed by atoms with Crippen LogP contribution in [-0.2, 0) is 5.41 Å². The lowest BCUT2D eigenvalue weighted by atomic mass is 9.59. The first-order chi connectivity index (χ1) is 34.7. The molecular formula is C67H44N2O. The molecule has 1 spiro atoms. The molecule has 0 N–H and O–H groups in total. The maximum atomic E-state index is 6.77. The Bertz CT molecular complexity index is 3890. The van der Waals surface area contributed by atoms with Crippen LogP contribution in [-0.4, -0.2) is 0 Å². The van der Waals surface area contributed by atoms with E-state index in [0.29, 0.717) is 0 Å². The largest absolute Gasteiger partial charge is 0.455 e. The topological polar surface area (TPSA) is 19.6 Å². The van der Waals surface area contributed by atoms with E-state index in [1.807, 2.05) is 6.07 Å². The lowest BCUT2D eigenvalue weighted by Crippen LogP contribution is -2.42. The summed E-state index contributed by atoms with van der Waals surface area (Å²) in [6.07, 6.45) is 0. The first-order valence-corrected chi connectivity index (χ1v) is 24.1. The predicted molar refractivity (Wildman–Crippen MR) is 290 cm³/mol. The monoisotopic (exact) mass is 892 g/mol. The summed E-state index contributed by atoms with van der Waals surface area (Å²) in [5, 5.41) is 2.23. The van der Waals surface area contributed by atoms with Gasteiger partial charge >= 0.3 is 0 Å². The van der Waals surface area contributed by atoms with Crippen molar-refractivity contribution in [3.8, 4) is 44.5 Å². The first kappa shape index (κ1) is 39.9. The molecule has 0 aliphatic carbocycles. The molecular weight excluding hydrogens is 849 g/mol. The van der Waals surface area contributed by atoms with Crippen LogP contribution in [0, 0.1) is 0 Å². The van der Waals surface area contributed by atoms with Crippen molar-refractivity contribution in [3.05, 3.63) is 289 Å². The quantitative estimate of drug-likeness (QED) is 0.166. The number of hydrogen-bond acceptors (Lipinski definition) is 3. The Balaban J connectivity index is 1.07. The Hall–Kier alpha value is -9.18. The number of hydrogen-bond donors (Lipinski definition) is 0. The van der Waals surface area contributed by atoms with Gasteiger partial charge < -0.3 is 14.2 Å². The van der Waals surface area contributed by atoms with Crippen molar-refractivity contribution in [2.45, 2.75) is 5.41 Å². The summed E-state index contributed by atoms with van der Waals surface area (Å²) in [6.45, 7) is 0. The van der Waals surface area contributed by atoms with E-state index < -0.39 is 5.41 Å². The van der Waals surface area contributed by atoms with Gasteiger partial charge in [0.1, 0.15) is 11.2 Å². The second-order valence-electron chi connectivity index (χ2n) is 18.4. The van der Waals surface area contributed by atoms with Crippen LogP contribution in [0.5, 0.6) is 0 Å². The van der Waals surface area contributed by atoms with Gasteiger partial charge in [0.2, 0.25) is 0 Å². The summed E-state index contributed by atoms with van der Waals surface area (Å²) in [7, 11) is 0. The van der Waals surface area contributed by atoms with Crippen molar-refractivity contribution in [2.24, 2.45) is 0 Å². The number of benzene rings is 11. The highest BCUT2D eigenvalue weighted by Crippen LogP contribution is 2.65. The molecule has 0 fully saturated rings. The van der Waals surface area contributed by atoms with E-state index >= 15 is 0 Å². The van der Waals surface area contributed by atoms with Crippen LogP contribution in [0.25, 0.3) is 66.4 Å². The van der Waals surface area contributed by atoms with Crippen LogP contribution in [0.2, 0.25) is 0 Å². The molecule has 0 saturated heterocycles. The second-order valence-corrected chi connectivity index (χ2v) is 18.4. The van der Waals surface area contributed by atoms with Crippen LogP contribution >= 0.6 is 0 Å². The predicted octanol–water partition coefficient (Wildman–Crippen LogP) is 18.2. The summed E-state index contributed by atoms with van der Waals surface area (Å²) < 4.78 is 6.77. The Morgan fingerprint density at radius 2 is 0.671 bits per heavy atom. The van der Waals surface area contributed by atoms with Crippen LogP contribution in [0.15, 0.2) is 271 Å². The van der Waals surface area contributed by atoms with Gasteiger partial charge in [-0.05, 0) is 128 Å². The van der Waals surface area contributed by atoms with Gasteiger partial charge in [-0.2, -0.15) is 0 Å². The molecule has 3 heteroatoms. The van der Waals surface area contributed by atoms with E-state index in [1.165, 1.54) is 55.6 Å². The van der Waals surface area contributed by atoms with Gasteiger partial charge in [0.25, 0.3) is 0 Å². The highest BCUT2D eigenvalue weighted by molar-refractivity contribution is 6.10. The Morgan fingerprint density at radius 1 is 0.271 bits per heavy atom. The SMILES string of the molecule is c1ccc(-c2ccc(N3c4ccccc4C4(c5ccccc5N(c5ccc(-c6ccccc6)cc5)c5ccc(-c6cccc7c6oc6ccccc67)cc54)c4cc(-c5ccccc5)ccc43)cc2)cc1. The molecule has 3 heterocycles.